The molecule has 0 aliphatic rings. The summed E-state index contributed by atoms with van der Waals surface area (Å²) in [4.78, 5) is 36.8. The van der Waals surface area contributed by atoms with Gasteiger partial charge in [0.25, 0.3) is 5.91 Å². The summed E-state index contributed by atoms with van der Waals surface area (Å²) in [5.41, 5.74) is 1.36. The lowest BCUT2D eigenvalue weighted by Gasteiger charge is -2.14. The van der Waals surface area contributed by atoms with Gasteiger partial charge in [0, 0.05) is 6.07 Å². The summed E-state index contributed by atoms with van der Waals surface area (Å²) in [5.74, 6) is -1.84. The van der Waals surface area contributed by atoms with Gasteiger partial charge < -0.3 is 14.5 Å². The van der Waals surface area contributed by atoms with Crippen LogP contribution in [0.4, 0.5) is 5.69 Å². The molecule has 28 heavy (non-hydrogen) atoms. The average Bonchev–Trinajstić information content (AvgIpc) is 2.68. The summed E-state index contributed by atoms with van der Waals surface area (Å²) < 4.78 is 10.6. The first kappa shape index (κ1) is 18.9. The molecule has 0 radical (unpaired) electrons. The van der Waals surface area contributed by atoms with Crippen LogP contribution in [0.15, 0.2) is 57.7 Å². The molecular formula is C21H16N2O5. The predicted octanol–water partition coefficient (Wildman–Crippen LogP) is 3.16. The van der Waals surface area contributed by atoms with E-state index in [0.717, 1.165) is 11.6 Å². The minimum atomic E-state index is -1.17. The second-order valence-electron chi connectivity index (χ2n) is 6.17. The van der Waals surface area contributed by atoms with Crippen molar-refractivity contribution in [3.8, 4) is 6.07 Å². The van der Waals surface area contributed by atoms with Gasteiger partial charge in [-0.1, -0.05) is 23.8 Å². The van der Waals surface area contributed by atoms with Crippen LogP contribution in [0.3, 0.4) is 0 Å². The molecule has 0 spiro atoms. The monoisotopic (exact) mass is 376 g/mol. The number of amides is 1. The summed E-state index contributed by atoms with van der Waals surface area (Å²) in [5, 5.41) is 12.0. The van der Waals surface area contributed by atoms with Crippen molar-refractivity contribution in [2.24, 2.45) is 0 Å². The molecule has 0 fully saturated rings. The number of nitrogens with one attached hydrogen (secondary N) is 1. The van der Waals surface area contributed by atoms with E-state index in [0.29, 0.717) is 11.1 Å². The molecular weight excluding hydrogens is 360 g/mol. The largest absolute Gasteiger partial charge is 0.449 e. The van der Waals surface area contributed by atoms with Crippen molar-refractivity contribution in [3.05, 3.63) is 75.6 Å². The number of hydrogen-bond acceptors (Lipinski definition) is 6. The van der Waals surface area contributed by atoms with Crippen LogP contribution in [-0.2, 0) is 9.53 Å². The Bertz CT molecular complexity index is 1170. The highest BCUT2D eigenvalue weighted by atomic mass is 16.6. The van der Waals surface area contributed by atoms with Crippen LogP contribution in [0.5, 0.6) is 0 Å². The number of para-hydroxylation sites is 1. The standard InChI is InChI=1S/C21H16N2O5/c1-12-7-8-18-15(9-12)17(24)10-19(28-18)21(26)27-13(2)20(25)23-16-6-4-3-5-14(16)11-22/h3-10,13H,1-2H3,(H,23,25)/t13-/m0/s1. The molecule has 0 saturated heterocycles. The number of anilines is 1. The van der Waals surface area contributed by atoms with Crippen LogP contribution in [0, 0.1) is 18.3 Å². The van der Waals surface area contributed by atoms with Gasteiger partial charge in [-0.05, 0) is 38.1 Å². The van der Waals surface area contributed by atoms with Gasteiger partial charge in [0.05, 0.1) is 16.6 Å². The molecule has 1 aromatic heterocycles. The molecule has 1 atom stereocenters. The summed E-state index contributed by atoms with van der Waals surface area (Å²) in [7, 11) is 0. The second kappa shape index (κ2) is 7.76. The van der Waals surface area contributed by atoms with E-state index < -0.39 is 18.0 Å². The Balaban J connectivity index is 1.76. The third-order valence-electron chi connectivity index (χ3n) is 4.04. The molecule has 0 aliphatic carbocycles. The summed E-state index contributed by atoms with van der Waals surface area (Å²) in [6.07, 6.45) is -1.17. The fraction of sp³-hybridized carbons (Fsp3) is 0.143. The lowest BCUT2D eigenvalue weighted by Crippen LogP contribution is -2.30. The van der Waals surface area contributed by atoms with Crippen LogP contribution in [-0.4, -0.2) is 18.0 Å². The molecule has 0 aliphatic heterocycles. The number of hydrogen-bond donors (Lipinski definition) is 1. The molecule has 0 unspecified atom stereocenters. The van der Waals surface area contributed by atoms with E-state index in [4.69, 9.17) is 14.4 Å². The molecule has 2 aromatic carbocycles. The number of carbonyl (C=O) groups is 2. The third-order valence-corrected chi connectivity index (χ3v) is 4.04. The summed E-state index contributed by atoms with van der Waals surface area (Å²) in [6, 6.07) is 14.5. The van der Waals surface area contributed by atoms with E-state index in [-0.39, 0.29) is 22.3 Å². The van der Waals surface area contributed by atoms with Crippen molar-refractivity contribution in [1.82, 2.24) is 0 Å². The van der Waals surface area contributed by atoms with Crippen molar-refractivity contribution < 1.29 is 18.7 Å². The number of aryl methyl sites for hydroxylation is 1. The van der Waals surface area contributed by atoms with Crippen molar-refractivity contribution in [3.63, 3.8) is 0 Å². The fourth-order valence-corrected chi connectivity index (χ4v) is 2.57. The summed E-state index contributed by atoms with van der Waals surface area (Å²) in [6.45, 7) is 3.22. The number of fused-ring (bicyclic) bond motifs is 1. The van der Waals surface area contributed by atoms with E-state index in [9.17, 15) is 14.4 Å². The van der Waals surface area contributed by atoms with Crippen molar-refractivity contribution in [1.29, 1.82) is 5.26 Å². The molecule has 1 N–H and O–H groups in total. The lowest BCUT2D eigenvalue weighted by atomic mass is 10.1. The Morgan fingerprint density at radius 1 is 1.18 bits per heavy atom. The molecule has 0 saturated carbocycles. The van der Waals surface area contributed by atoms with Gasteiger partial charge in [-0.25, -0.2) is 4.79 Å². The maximum absolute atomic E-state index is 12.3. The van der Waals surface area contributed by atoms with Crippen molar-refractivity contribution in [2.75, 3.05) is 5.32 Å². The number of rotatable bonds is 4. The van der Waals surface area contributed by atoms with Crippen LogP contribution < -0.4 is 10.7 Å². The highest BCUT2D eigenvalue weighted by molar-refractivity contribution is 5.97. The molecule has 1 heterocycles. The number of benzene rings is 2. The number of nitrogens with zero attached hydrogens (tertiary/aromatic N) is 1. The lowest BCUT2D eigenvalue weighted by molar-refractivity contribution is -0.123. The van der Waals surface area contributed by atoms with Gasteiger partial charge in [0.1, 0.15) is 11.7 Å². The normalized spacial score (nSPS) is 11.5. The molecule has 0 bridgehead atoms. The minimum Gasteiger partial charge on any atom is -0.449 e. The summed E-state index contributed by atoms with van der Waals surface area (Å²) >= 11 is 0. The topological polar surface area (TPSA) is 109 Å². The van der Waals surface area contributed by atoms with E-state index in [2.05, 4.69) is 5.32 Å². The SMILES string of the molecule is Cc1ccc2oc(C(=O)O[C@@H](C)C(=O)Nc3ccccc3C#N)cc(=O)c2c1. The molecule has 1 amide bonds. The molecule has 3 aromatic rings. The maximum Gasteiger partial charge on any atom is 0.375 e. The maximum atomic E-state index is 12.3. The first-order valence-corrected chi connectivity index (χ1v) is 8.44. The van der Waals surface area contributed by atoms with Crippen LogP contribution in [0.25, 0.3) is 11.0 Å². The fourth-order valence-electron chi connectivity index (χ4n) is 2.57. The van der Waals surface area contributed by atoms with Crippen LogP contribution in [0.1, 0.15) is 28.6 Å². The molecule has 140 valence electrons. The zero-order chi connectivity index (χ0) is 20.3. The quantitative estimate of drug-likeness (QED) is 0.701. The Labute approximate surface area is 160 Å². The van der Waals surface area contributed by atoms with Gasteiger partial charge in [0.15, 0.2) is 11.5 Å². The van der Waals surface area contributed by atoms with Gasteiger partial charge in [-0.15, -0.1) is 0 Å². The van der Waals surface area contributed by atoms with Gasteiger partial charge in [-0.3, -0.25) is 9.59 Å². The van der Waals surface area contributed by atoms with Crippen molar-refractivity contribution in [2.45, 2.75) is 20.0 Å². The Kier molecular flexibility index (Phi) is 5.23. The second-order valence-corrected chi connectivity index (χ2v) is 6.17. The molecule has 3 rings (SSSR count). The van der Waals surface area contributed by atoms with Crippen LogP contribution in [0.2, 0.25) is 0 Å². The first-order valence-electron chi connectivity index (χ1n) is 8.44. The van der Waals surface area contributed by atoms with Crippen molar-refractivity contribution >= 4 is 28.5 Å². The smallest absolute Gasteiger partial charge is 0.375 e. The van der Waals surface area contributed by atoms with E-state index in [1.807, 2.05) is 13.0 Å². The highest BCUT2D eigenvalue weighted by Crippen LogP contribution is 2.17. The zero-order valence-corrected chi connectivity index (χ0v) is 15.2. The number of esters is 1. The number of carbonyl (C=O) groups excluding carboxylic acids is 2. The first-order chi connectivity index (χ1) is 13.4. The predicted molar refractivity (Wildman–Crippen MR) is 102 cm³/mol. The van der Waals surface area contributed by atoms with Gasteiger partial charge in [0.2, 0.25) is 5.76 Å². The minimum absolute atomic E-state index is 0.255. The Morgan fingerprint density at radius 3 is 2.68 bits per heavy atom. The average molecular weight is 376 g/mol. The molecule has 7 nitrogen and oxygen atoms in total. The molecule has 7 heteroatoms. The van der Waals surface area contributed by atoms with Gasteiger partial charge >= 0.3 is 5.97 Å². The zero-order valence-electron chi connectivity index (χ0n) is 15.2. The van der Waals surface area contributed by atoms with Gasteiger partial charge in [-0.2, -0.15) is 5.26 Å². The number of nitriles is 1. The van der Waals surface area contributed by atoms with Crippen LogP contribution >= 0.6 is 0 Å². The van der Waals surface area contributed by atoms with E-state index in [1.165, 1.54) is 6.92 Å². The Morgan fingerprint density at radius 2 is 1.93 bits per heavy atom. The number of ether oxygens (including phenoxy) is 1. The van der Waals surface area contributed by atoms with E-state index in [1.54, 1.807) is 42.5 Å². The third kappa shape index (κ3) is 3.91. The van der Waals surface area contributed by atoms with E-state index >= 15 is 0 Å². The Hall–Kier alpha value is -3.92. The highest BCUT2D eigenvalue weighted by Gasteiger charge is 2.22.